The Morgan fingerprint density at radius 2 is 1.15 bits per heavy atom. The number of nitrogens with zero attached hydrogens (tertiary/aromatic N) is 2. The second-order valence-electron chi connectivity index (χ2n) is 12.8. The third kappa shape index (κ3) is 6.44. The fourth-order valence-corrected chi connectivity index (χ4v) is 6.68. The molecule has 5 aromatic heterocycles. The van der Waals surface area contributed by atoms with Crippen LogP contribution in [0.1, 0.15) is 16.1 Å². The Hall–Kier alpha value is -7.46. The Morgan fingerprint density at radius 1 is 0.556 bits per heavy atom. The standard InChI is InChI=1S/C22H17N3O2.C22H15N3O2/c2*26-22-17-13-19(24-18(17)11-12-23-22)16-8-4-5-14-9-10-20(25-21(14)16)27-15-6-2-1-3-7-15/h1-10,13,24H,11-12H2,(H,23,26);1-13,24H,(H,23,26). The van der Waals surface area contributed by atoms with Gasteiger partial charge in [0.1, 0.15) is 11.5 Å². The maximum Gasteiger partial charge on any atom is 0.257 e. The van der Waals surface area contributed by atoms with Crippen LogP contribution in [0.3, 0.4) is 0 Å². The van der Waals surface area contributed by atoms with Crippen LogP contribution < -0.4 is 20.3 Å². The molecule has 0 spiro atoms. The summed E-state index contributed by atoms with van der Waals surface area (Å²) in [5.74, 6) is 2.51. The van der Waals surface area contributed by atoms with Crippen molar-refractivity contribution in [3.8, 4) is 45.8 Å². The Bertz CT molecular complexity index is 2860. The molecular formula is C44H32N6O4. The van der Waals surface area contributed by atoms with Gasteiger partial charge in [-0.15, -0.1) is 0 Å². The molecule has 0 unspecified atom stereocenters. The van der Waals surface area contributed by atoms with Crippen molar-refractivity contribution in [1.82, 2.24) is 30.2 Å². The summed E-state index contributed by atoms with van der Waals surface area (Å²) in [6.07, 6.45) is 2.44. The average molecular weight is 709 g/mol. The minimum atomic E-state index is -0.115. The van der Waals surface area contributed by atoms with Crippen molar-refractivity contribution < 1.29 is 14.3 Å². The molecule has 54 heavy (non-hydrogen) atoms. The molecule has 1 aliphatic rings. The van der Waals surface area contributed by atoms with Crippen molar-refractivity contribution in [2.45, 2.75) is 6.42 Å². The number of hydrogen-bond acceptors (Lipinski definition) is 6. The first-order chi connectivity index (χ1) is 26.6. The number of H-pyrrole nitrogens is 3. The van der Waals surface area contributed by atoms with Crippen LogP contribution in [0.2, 0.25) is 0 Å². The van der Waals surface area contributed by atoms with Gasteiger partial charge in [0.05, 0.1) is 27.5 Å². The number of hydrogen-bond donors (Lipinski definition) is 4. The molecule has 0 radical (unpaired) electrons. The molecule has 0 aliphatic carbocycles. The molecule has 10 nitrogen and oxygen atoms in total. The highest BCUT2D eigenvalue weighted by Gasteiger charge is 2.21. The number of carbonyl (C=O) groups excluding carboxylic acids is 1. The lowest BCUT2D eigenvalue weighted by Crippen LogP contribution is -2.31. The van der Waals surface area contributed by atoms with Crippen LogP contribution in [0.5, 0.6) is 23.3 Å². The van der Waals surface area contributed by atoms with Crippen molar-refractivity contribution in [2.75, 3.05) is 6.54 Å². The van der Waals surface area contributed by atoms with Crippen LogP contribution in [0.25, 0.3) is 55.2 Å². The van der Waals surface area contributed by atoms with Crippen LogP contribution in [-0.4, -0.2) is 37.4 Å². The van der Waals surface area contributed by atoms with Crippen LogP contribution in [0, 0.1) is 0 Å². The minimum absolute atomic E-state index is 0.0277. The van der Waals surface area contributed by atoms with Crippen molar-refractivity contribution >= 4 is 38.6 Å². The van der Waals surface area contributed by atoms with Gasteiger partial charge in [-0.1, -0.05) is 72.8 Å². The highest BCUT2D eigenvalue weighted by atomic mass is 16.5. The predicted molar refractivity (Wildman–Crippen MR) is 210 cm³/mol. The molecule has 0 fully saturated rings. The molecule has 9 aromatic rings. The number of fused-ring (bicyclic) bond motifs is 4. The predicted octanol–water partition coefficient (Wildman–Crippen LogP) is 9.17. The highest BCUT2D eigenvalue weighted by Crippen LogP contribution is 2.33. The second kappa shape index (κ2) is 13.9. The number of pyridine rings is 3. The lowest BCUT2D eigenvalue weighted by molar-refractivity contribution is 0.0946. The molecule has 1 amide bonds. The Balaban J connectivity index is 0.000000142. The first-order valence-electron chi connectivity index (χ1n) is 17.5. The summed E-state index contributed by atoms with van der Waals surface area (Å²) in [4.78, 5) is 43.0. The van der Waals surface area contributed by atoms with Gasteiger partial charge in [-0.05, 0) is 54.6 Å². The van der Waals surface area contributed by atoms with Gasteiger partial charge in [0.2, 0.25) is 11.8 Å². The molecule has 10 heteroatoms. The van der Waals surface area contributed by atoms with Gasteiger partial charge < -0.3 is 29.7 Å². The molecule has 1 aliphatic heterocycles. The van der Waals surface area contributed by atoms with Gasteiger partial charge >= 0.3 is 0 Å². The van der Waals surface area contributed by atoms with Gasteiger partial charge in [0.25, 0.3) is 11.5 Å². The molecule has 0 atom stereocenters. The van der Waals surface area contributed by atoms with Crippen molar-refractivity contribution in [1.29, 1.82) is 0 Å². The molecule has 0 saturated heterocycles. The molecule has 0 bridgehead atoms. The van der Waals surface area contributed by atoms with Gasteiger partial charge in [-0.25, -0.2) is 9.97 Å². The lowest BCUT2D eigenvalue weighted by atomic mass is 10.1. The zero-order chi connectivity index (χ0) is 36.4. The Kier molecular flexibility index (Phi) is 8.37. The van der Waals surface area contributed by atoms with E-state index in [1.54, 1.807) is 6.20 Å². The third-order valence-corrected chi connectivity index (χ3v) is 9.26. The maximum absolute atomic E-state index is 12.1. The normalized spacial score (nSPS) is 12.2. The van der Waals surface area contributed by atoms with E-state index in [9.17, 15) is 9.59 Å². The van der Waals surface area contributed by atoms with Crippen LogP contribution in [-0.2, 0) is 6.42 Å². The number of carbonyl (C=O) groups is 1. The smallest absolute Gasteiger partial charge is 0.257 e. The molecule has 10 rings (SSSR count). The van der Waals surface area contributed by atoms with E-state index in [4.69, 9.17) is 19.4 Å². The first-order valence-corrected chi connectivity index (χ1v) is 17.5. The average Bonchev–Trinajstić information content (AvgIpc) is 3.85. The van der Waals surface area contributed by atoms with E-state index < -0.39 is 0 Å². The largest absolute Gasteiger partial charge is 0.439 e. The summed E-state index contributed by atoms with van der Waals surface area (Å²) in [5, 5.41) is 5.53. The number of aromatic nitrogens is 5. The first kappa shape index (κ1) is 32.4. The summed E-state index contributed by atoms with van der Waals surface area (Å²) in [6, 6.07) is 44.5. The van der Waals surface area contributed by atoms with Crippen molar-refractivity contribution in [2.24, 2.45) is 0 Å². The monoisotopic (exact) mass is 708 g/mol. The summed E-state index contributed by atoms with van der Waals surface area (Å²) < 4.78 is 11.8. The van der Waals surface area contributed by atoms with E-state index in [2.05, 4.69) is 20.3 Å². The molecule has 4 N–H and O–H groups in total. The van der Waals surface area contributed by atoms with E-state index in [-0.39, 0.29) is 11.5 Å². The molecule has 4 aromatic carbocycles. The summed E-state index contributed by atoms with van der Waals surface area (Å²) in [5.41, 5.74) is 7.63. The summed E-state index contributed by atoms with van der Waals surface area (Å²) in [6.45, 7) is 0.661. The summed E-state index contributed by atoms with van der Waals surface area (Å²) in [7, 11) is 0. The maximum atomic E-state index is 12.1. The third-order valence-electron chi connectivity index (χ3n) is 9.26. The van der Waals surface area contributed by atoms with Gasteiger partial charge in [-0.2, -0.15) is 0 Å². The zero-order valence-electron chi connectivity index (χ0n) is 28.8. The molecule has 0 saturated carbocycles. The number of aromatic amines is 3. The minimum Gasteiger partial charge on any atom is -0.439 e. The number of para-hydroxylation sites is 4. The summed E-state index contributed by atoms with van der Waals surface area (Å²) >= 11 is 0. The quantitative estimate of drug-likeness (QED) is 0.136. The SMILES string of the molecule is O=C1NCCc2[nH]c(-c3cccc4ccc(Oc5ccccc5)nc34)cc21.O=c1[nH]ccc2[nH]c(-c3cccc4ccc(Oc5ccccc5)nc34)cc12. The number of amides is 1. The van der Waals surface area contributed by atoms with E-state index in [1.807, 2.05) is 140 Å². The van der Waals surface area contributed by atoms with Gasteiger partial charge in [0, 0.05) is 70.3 Å². The number of benzene rings is 4. The molecular weight excluding hydrogens is 677 g/mol. The van der Waals surface area contributed by atoms with E-state index in [0.717, 1.165) is 73.5 Å². The van der Waals surface area contributed by atoms with Gasteiger partial charge in [0.15, 0.2) is 0 Å². The number of nitrogens with one attached hydrogen (secondary N) is 4. The molecule has 262 valence electrons. The lowest BCUT2D eigenvalue weighted by Gasteiger charge is -2.11. The number of rotatable bonds is 6. The fraction of sp³-hybridized carbons (Fsp3) is 0.0455. The fourth-order valence-electron chi connectivity index (χ4n) is 6.68. The highest BCUT2D eigenvalue weighted by molar-refractivity contribution is 6.00. The number of ether oxygens (including phenoxy) is 2. The van der Waals surface area contributed by atoms with Crippen LogP contribution >= 0.6 is 0 Å². The van der Waals surface area contributed by atoms with Crippen molar-refractivity contribution in [3.05, 3.63) is 167 Å². The van der Waals surface area contributed by atoms with Crippen molar-refractivity contribution in [3.63, 3.8) is 0 Å². The molecule has 6 heterocycles. The Morgan fingerprint density at radius 3 is 1.72 bits per heavy atom. The van der Waals surface area contributed by atoms with E-state index >= 15 is 0 Å². The van der Waals surface area contributed by atoms with Crippen LogP contribution in [0.15, 0.2) is 151 Å². The second-order valence-corrected chi connectivity index (χ2v) is 12.8. The topological polar surface area (TPSA) is 138 Å². The zero-order valence-corrected chi connectivity index (χ0v) is 28.8. The van der Waals surface area contributed by atoms with Crippen LogP contribution in [0.4, 0.5) is 0 Å². The van der Waals surface area contributed by atoms with E-state index in [0.29, 0.717) is 29.3 Å². The van der Waals surface area contributed by atoms with E-state index in [1.165, 1.54) is 0 Å². The Labute approximate surface area is 308 Å². The van der Waals surface area contributed by atoms with Gasteiger partial charge in [-0.3, -0.25) is 9.59 Å².